The first-order valence-corrected chi connectivity index (χ1v) is 7.46. The van der Waals surface area contributed by atoms with Crippen LogP contribution >= 0.6 is 0 Å². The molecule has 1 heterocycles. The van der Waals surface area contributed by atoms with Crippen molar-refractivity contribution in [2.75, 3.05) is 0 Å². The van der Waals surface area contributed by atoms with Gasteiger partial charge in [0.15, 0.2) is 0 Å². The summed E-state index contributed by atoms with van der Waals surface area (Å²) in [5.41, 5.74) is 1.10. The fraction of sp³-hybridized carbons (Fsp3) is 0.571. The topological polar surface area (TPSA) is 38.3 Å². The quantitative estimate of drug-likeness (QED) is 0.894. The van der Waals surface area contributed by atoms with Gasteiger partial charge >= 0.3 is 0 Å². The van der Waals surface area contributed by atoms with Crippen LogP contribution in [-0.4, -0.2) is 15.1 Å². The second-order valence-corrected chi connectivity index (χ2v) is 7.75. The third-order valence-corrected chi connectivity index (χ3v) is 4.61. The Kier molecular flexibility index (Phi) is 3.78. The van der Waals surface area contributed by atoms with Crippen LogP contribution in [0.25, 0.3) is 0 Å². The van der Waals surface area contributed by atoms with Crippen molar-refractivity contribution in [1.29, 1.82) is 0 Å². The van der Waals surface area contributed by atoms with E-state index in [2.05, 4.69) is 4.72 Å². The molecule has 0 saturated heterocycles. The van der Waals surface area contributed by atoms with E-state index in [1.807, 2.05) is 52.0 Å². The van der Waals surface area contributed by atoms with E-state index >= 15 is 0 Å². The van der Waals surface area contributed by atoms with Crippen molar-refractivity contribution in [2.45, 2.75) is 51.0 Å². The van der Waals surface area contributed by atoms with Gasteiger partial charge in [-0.05, 0) is 33.8 Å². The van der Waals surface area contributed by atoms with Crippen LogP contribution in [0.15, 0.2) is 24.3 Å². The highest BCUT2D eigenvalue weighted by Gasteiger charge is 2.29. The maximum atomic E-state index is 12.2. The summed E-state index contributed by atoms with van der Waals surface area (Å²) >= 11 is 0. The Labute approximate surface area is 112 Å². The van der Waals surface area contributed by atoms with Gasteiger partial charge in [0.2, 0.25) is 0 Å². The zero-order valence-corrected chi connectivity index (χ0v) is 12.2. The Balaban J connectivity index is 2.22. The molecule has 0 amide bonds. The highest BCUT2D eigenvalue weighted by Crippen LogP contribution is 2.35. The molecule has 0 bridgehead atoms. The van der Waals surface area contributed by atoms with E-state index in [0.717, 1.165) is 17.7 Å². The molecule has 18 heavy (non-hydrogen) atoms. The summed E-state index contributed by atoms with van der Waals surface area (Å²) in [6.07, 6.45) is 0.994. The van der Waals surface area contributed by atoms with E-state index in [-0.39, 0.29) is 16.9 Å². The lowest BCUT2D eigenvalue weighted by atomic mass is 9.98. The second-order valence-electron chi connectivity index (χ2n) is 5.75. The predicted octanol–water partition coefficient (Wildman–Crippen LogP) is 2.95. The summed E-state index contributed by atoms with van der Waals surface area (Å²) in [6.45, 7) is 7.98. The molecular weight excluding hydrogens is 246 g/mol. The van der Waals surface area contributed by atoms with E-state index in [1.54, 1.807) is 0 Å². The molecule has 1 aliphatic heterocycles. The molecule has 1 aromatic carbocycles. The van der Waals surface area contributed by atoms with Crippen molar-refractivity contribution >= 4 is 11.0 Å². The standard InChI is InChI=1S/C14H21NO2S/c1-10-9-12(15-18(16)14(2,3)4)11-7-5-6-8-13(11)17-10/h5-8,10,12,15H,9H2,1-4H3/t10-,12+,18-/m0/s1. The van der Waals surface area contributed by atoms with Crippen LogP contribution in [0.3, 0.4) is 0 Å². The Hall–Kier alpha value is -0.870. The maximum Gasteiger partial charge on any atom is 0.124 e. The van der Waals surface area contributed by atoms with Gasteiger partial charge in [0.1, 0.15) is 5.75 Å². The fourth-order valence-corrected chi connectivity index (χ4v) is 2.85. The Bertz CT molecular complexity index is 453. The Morgan fingerprint density at radius 3 is 2.67 bits per heavy atom. The van der Waals surface area contributed by atoms with Crippen molar-refractivity contribution in [3.8, 4) is 5.75 Å². The van der Waals surface area contributed by atoms with E-state index in [0.29, 0.717) is 0 Å². The molecule has 0 radical (unpaired) electrons. The van der Waals surface area contributed by atoms with E-state index in [1.165, 1.54) is 0 Å². The molecule has 2 rings (SSSR count). The van der Waals surface area contributed by atoms with Crippen molar-refractivity contribution in [1.82, 2.24) is 4.72 Å². The lowest BCUT2D eigenvalue weighted by molar-refractivity contribution is 0.173. The summed E-state index contributed by atoms with van der Waals surface area (Å²) < 4.78 is 21.0. The molecule has 0 aromatic heterocycles. The number of fused-ring (bicyclic) bond motifs is 1. The Morgan fingerprint density at radius 2 is 2.00 bits per heavy atom. The van der Waals surface area contributed by atoms with E-state index < -0.39 is 11.0 Å². The molecule has 0 unspecified atom stereocenters. The first-order chi connectivity index (χ1) is 8.38. The first-order valence-electron chi connectivity index (χ1n) is 6.31. The molecule has 0 saturated carbocycles. The molecular formula is C14H21NO2S. The van der Waals surface area contributed by atoms with E-state index in [9.17, 15) is 4.21 Å². The molecule has 3 nitrogen and oxygen atoms in total. The summed E-state index contributed by atoms with van der Waals surface area (Å²) in [5, 5.41) is 0. The SMILES string of the molecule is C[C@H]1C[C@@H](N[S@@](=O)C(C)(C)C)c2ccccc2O1. The number of para-hydroxylation sites is 1. The zero-order chi connectivity index (χ0) is 13.3. The average molecular weight is 267 g/mol. The van der Waals surface area contributed by atoms with Gasteiger partial charge in [0.05, 0.1) is 27.9 Å². The lowest BCUT2D eigenvalue weighted by Gasteiger charge is -2.32. The number of hydrogen-bond acceptors (Lipinski definition) is 2. The smallest absolute Gasteiger partial charge is 0.124 e. The van der Waals surface area contributed by atoms with Crippen LogP contribution in [0.4, 0.5) is 0 Å². The van der Waals surface area contributed by atoms with Gasteiger partial charge < -0.3 is 4.74 Å². The number of ether oxygens (including phenoxy) is 1. The van der Waals surface area contributed by atoms with Crippen LogP contribution < -0.4 is 9.46 Å². The monoisotopic (exact) mass is 267 g/mol. The van der Waals surface area contributed by atoms with Crippen molar-refractivity contribution in [3.05, 3.63) is 29.8 Å². The highest BCUT2D eigenvalue weighted by molar-refractivity contribution is 7.84. The number of rotatable bonds is 2. The Morgan fingerprint density at radius 1 is 1.33 bits per heavy atom. The highest BCUT2D eigenvalue weighted by atomic mass is 32.2. The lowest BCUT2D eigenvalue weighted by Crippen LogP contribution is -2.39. The molecule has 3 atom stereocenters. The van der Waals surface area contributed by atoms with Crippen LogP contribution in [0, 0.1) is 0 Å². The van der Waals surface area contributed by atoms with Gasteiger partial charge in [0, 0.05) is 12.0 Å². The van der Waals surface area contributed by atoms with Crippen LogP contribution in [0.2, 0.25) is 0 Å². The summed E-state index contributed by atoms with van der Waals surface area (Å²) in [4.78, 5) is 0. The number of benzene rings is 1. The molecule has 100 valence electrons. The third kappa shape index (κ3) is 2.93. The minimum absolute atomic E-state index is 0.102. The second kappa shape index (κ2) is 5.02. The zero-order valence-electron chi connectivity index (χ0n) is 11.4. The average Bonchev–Trinajstić information content (AvgIpc) is 2.27. The molecule has 1 aromatic rings. The van der Waals surface area contributed by atoms with Crippen molar-refractivity contribution in [2.24, 2.45) is 0 Å². The molecule has 4 heteroatoms. The largest absolute Gasteiger partial charge is 0.490 e. The normalized spacial score (nSPS) is 25.1. The molecule has 0 aliphatic carbocycles. The fourth-order valence-electron chi connectivity index (χ4n) is 2.02. The van der Waals surface area contributed by atoms with Crippen LogP contribution in [0.5, 0.6) is 5.75 Å². The summed E-state index contributed by atoms with van der Waals surface area (Å²) in [7, 11) is -1.06. The predicted molar refractivity (Wildman–Crippen MR) is 74.9 cm³/mol. The van der Waals surface area contributed by atoms with Crippen molar-refractivity contribution < 1.29 is 8.95 Å². The van der Waals surface area contributed by atoms with Gasteiger partial charge in [-0.2, -0.15) is 0 Å². The summed E-state index contributed by atoms with van der Waals surface area (Å²) in [6, 6.07) is 8.07. The summed E-state index contributed by atoms with van der Waals surface area (Å²) in [5.74, 6) is 0.902. The number of nitrogens with one attached hydrogen (secondary N) is 1. The van der Waals surface area contributed by atoms with Gasteiger partial charge in [-0.25, -0.2) is 8.93 Å². The third-order valence-electron chi connectivity index (χ3n) is 3.00. The van der Waals surface area contributed by atoms with Gasteiger partial charge in [-0.3, -0.25) is 0 Å². The molecule has 1 N–H and O–H groups in total. The first kappa shape index (κ1) is 13.6. The van der Waals surface area contributed by atoms with Crippen molar-refractivity contribution in [3.63, 3.8) is 0 Å². The van der Waals surface area contributed by atoms with Gasteiger partial charge in [-0.1, -0.05) is 18.2 Å². The maximum absolute atomic E-state index is 12.2. The molecule has 1 aliphatic rings. The molecule has 0 fully saturated rings. The molecule has 0 spiro atoms. The van der Waals surface area contributed by atoms with Gasteiger partial charge in [-0.15, -0.1) is 0 Å². The minimum Gasteiger partial charge on any atom is -0.490 e. The van der Waals surface area contributed by atoms with Gasteiger partial charge in [0.25, 0.3) is 0 Å². The minimum atomic E-state index is -1.06. The van der Waals surface area contributed by atoms with Crippen LogP contribution in [0.1, 0.15) is 45.7 Å². The van der Waals surface area contributed by atoms with E-state index in [4.69, 9.17) is 4.74 Å². The van der Waals surface area contributed by atoms with Crippen LogP contribution in [-0.2, 0) is 11.0 Å². The number of hydrogen-bond donors (Lipinski definition) is 1.